The van der Waals surface area contributed by atoms with Crippen LogP contribution in [-0.2, 0) is 5.75 Å². The molecule has 2 N–H and O–H groups in total. The van der Waals surface area contributed by atoms with E-state index in [1.165, 1.54) is 33.6 Å². The molecule has 0 radical (unpaired) electrons. The number of nitrogens with zero attached hydrogens (tertiary/aromatic N) is 3. The fourth-order valence-corrected chi connectivity index (χ4v) is 2.49. The second kappa shape index (κ2) is 4.67. The molecule has 2 aromatic rings. The summed E-state index contributed by atoms with van der Waals surface area (Å²) in [4.78, 5) is 20.5. The van der Waals surface area contributed by atoms with Crippen molar-refractivity contribution in [3.05, 3.63) is 33.7 Å². The smallest absolute Gasteiger partial charge is 0.258 e. The summed E-state index contributed by atoms with van der Waals surface area (Å²) >= 11 is 2.81. The lowest BCUT2D eigenvalue weighted by Crippen LogP contribution is -2.13. The molecule has 2 rings (SSSR count). The van der Waals surface area contributed by atoms with Crippen molar-refractivity contribution >= 4 is 33.2 Å². The molecule has 2 aromatic heterocycles. The molecule has 0 aliphatic carbocycles. The van der Waals surface area contributed by atoms with E-state index in [2.05, 4.69) is 9.98 Å². The third-order valence-corrected chi connectivity index (χ3v) is 3.62. The van der Waals surface area contributed by atoms with Crippen molar-refractivity contribution in [1.29, 1.82) is 0 Å². The standard InChI is InChI=1S/C9H10N4OS2/c1-11-8(10)16-5-6-4-7(14)13-2-3-15-9(13)12-6/h2-4H,5H2,1H3,(H2,10,11). The van der Waals surface area contributed by atoms with Crippen molar-refractivity contribution in [3.8, 4) is 0 Å². The van der Waals surface area contributed by atoms with Crippen molar-refractivity contribution in [2.75, 3.05) is 7.05 Å². The molecule has 0 unspecified atom stereocenters. The number of hydrogen-bond donors (Lipinski definition) is 1. The van der Waals surface area contributed by atoms with Crippen LogP contribution in [0.5, 0.6) is 0 Å². The maximum absolute atomic E-state index is 11.6. The predicted molar refractivity (Wildman–Crippen MR) is 68.2 cm³/mol. The zero-order chi connectivity index (χ0) is 11.5. The number of nitrogens with two attached hydrogens (primary N) is 1. The van der Waals surface area contributed by atoms with Crippen LogP contribution in [0.15, 0.2) is 27.4 Å². The highest BCUT2D eigenvalue weighted by Crippen LogP contribution is 2.11. The van der Waals surface area contributed by atoms with E-state index in [4.69, 9.17) is 5.73 Å². The van der Waals surface area contributed by atoms with Crippen LogP contribution in [0.4, 0.5) is 0 Å². The molecule has 0 aliphatic rings. The molecule has 0 saturated carbocycles. The summed E-state index contributed by atoms with van der Waals surface area (Å²) in [7, 11) is 1.63. The predicted octanol–water partition coefficient (Wildman–Crippen LogP) is 0.934. The summed E-state index contributed by atoms with van der Waals surface area (Å²) in [5, 5.41) is 2.33. The first-order chi connectivity index (χ1) is 7.70. The van der Waals surface area contributed by atoms with Crippen LogP contribution in [0, 0.1) is 0 Å². The minimum atomic E-state index is -0.0612. The van der Waals surface area contributed by atoms with Crippen LogP contribution < -0.4 is 11.3 Å². The Bertz CT molecular complexity index is 586. The molecule has 7 heteroatoms. The Morgan fingerprint density at radius 3 is 3.31 bits per heavy atom. The summed E-state index contributed by atoms with van der Waals surface area (Å²) < 4.78 is 1.52. The molecular weight excluding hydrogens is 244 g/mol. The maximum Gasteiger partial charge on any atom is 0.258 e. The summed E-state index contributed by atoms with van der Waals surface area (Å²) in [6, 6.07) is 1.52. The zero-order valence-corrected chi connectivity index (χ0v) is 10.2. The number of aromatic nitrogens is 2. The van der Waals surface area contributed by atoms with Gasteiger partial charge in [-0.3, -0.25) is 14.2 Å². The summed E-state index contributed by atoms with van der Waals surface area (Å²) in [5.41, 5.74) is 6.22. The van der Waals surface area contributed by atoms with E-state index < -0.39 is 0 Å². The molecule has 5 nitrogen and oxygen atoms in total. The van der Waals surface area contributed by atoms with Crippen LogP contribution in [0.1, 0.15) is 5.69 Å². The number of hydrogen-bond acceptors (Lipinski definition) is 5. The lowest BCUT2D eigenvalue weighted by atomic mass is 10.4. The number of fused-ring (bicyclic) bond motifs is 1. The van der Waals surface area contributed by atoms with Crippen molar-refractivity contribution in [2.24, 2.45) is 10.7 Å². The quantitative estimate of drug-likeness (QED) is 0.639. The van der Waals surface area contributed by atoms with Gasteiger partial charge < -0.3 is 5.73 Å². The molecule has 0 saturated heterocycles. The summed E-state index contributed by atoms with van der Waals surface area (Å²) in [6.45, 7) is 0. The fourth-order valence-electron chi connectivity index (χ4n) is 1.17. The number of thioether (sulfide) groups is 1. The second-order valence-electron chi connectivity index (χ2n) is 2.99. The van der Waals surface area contributed by atoms with Crippen LogP contribution in [0.2, 0.25) is 0 Å². The molecular formula is C9H10N4OS2. The number of aliphatic imine (C=N–C) groups is 1. The maximum atomic E-state index is 11.6. The second-order valence-corrected chi connectivity index (χ2v) is 4.86. The molecule has 0 bridgehead atoms. The van der Waals surface area contributed by atoms with Crippen molar-refractivity contribution in [3.63, 3.8) is 0 Å². The van der Waals surface area contributed by atoms with E-state index in [-0.39, 0.29) is 5.56 Å². The Balaban J connectivity index is 2.28. The normalized spacial score (nSPS) is 12.2. The van der Waals surface area contributed by atoms with Gasteiger partial charge in [0.2, 0.25) is 0 Å². The van der Waals surface area contributed by atoms with E-state index in [0.717, 1.165) is 5.69 Å². The van der Waals surface area contributed by atoms with E-state index in [1.807, 2.05) is 5.38 Å². The van der Waals surface area contributed by atoms with E-state index >= 15 is 0 Å². The van der Waals surface area contributed by atoms with Gasteiger partial charge in [0.25, 0.3) is 5.56 Å². The molecule has 84 valence electrons. The van der Waals surface area contributed by atoms with Gasteiger partial charge >= 0.3 is 0 Å². The first kappa shape index (κ1) is 11.2. The minimum absolute atomic E-state index is 0.0612. The molecule has 16 heavy (non-hydrogen) atoms. The Morgan fingerprint density at radius 2 is 2.56 bits per heavy atom. The van der Waals surface area contributed by atoms with Crippen LogP contribution in [0.25, 0.3) is 4.96 Å². The fraction of sp³-hybridized carbons (Fsp3) is 0.222. The Morgan fingerprint density at radius 1 is 1.75 bits per heavy atom. The molecule has 2 heterocycles. The number of amidine groups is 1. The lowest BCUT2D eigenvalue weighted by molar-refractivity contribution is 1.04. The van der Waals surface area contributed by atoms with Gasteiger partial charge in [0.1, 0.15) is 0 Å². The third kappa shape index (κ3) is 2.25. The summed E-state index contributed by atoms with van der Waals surface area (Å²) in [6.07, 6.45) is 1.72. The minimum Gasteiger partial charge on any atom is -0.379 e. The van der Waals surface area contributed by atoms with Gasteiger partial charge in [-0.2, -0.15) is 0 Å². The lowest BCUT2D eigenvalue weighted by Gasteiger charge is -2.00. The Kier molecular flexibility index (Phi) is 3.25. The van der Waals surface area contributed by atoms with Gasteiger partial charge in [-0.15, -0.1) is 11.3 Å². The van der Waals surface area contributed by atoms with Crippen LogP contribution in [-0.4, -0.2) is 21.6 Å². The number of rotatable bonds is 2. The Hall–Kier alpha value is -1.34. The molecule has 0 spiro atoms. The topological polar surface area (TPSA) is 72.8 Å². The first-order valence-electron chi connectivity index (χ1n) is 4.51. The molecule has 0 aromatic carbocycles. The van der Waals surface area contributed by atoms with Crippen LogP contribution in [0.3, 0.4) is 0 Å². The zero-order valence-electron chi connectivity index (χ0n) is 8.58. The third-order valence-electron chi connectivity index (χ3n) is 1.94. The van der Waals surface area contributed by atoms with Crippen molar-refractivity contribution in [1.82, 2.24) is 9.38 Å². The SMILES string of the molecule is CN=C(N)SCc1cc(=O)n2ccsc2n1. The molecule has 0 aliphatic heterocycles. The highest BCUT2D eigenvalue weighted by molar-refractivity contribution is 8.13. The van der Waals surface area contributed by atoms with Gasteiger partial charge in [-0.25, -0.2) is 4.98 Å². The van der Waals surface area contributed by atoms with Gasteiger partial charge in [-0.1, -0.05) is 11.8 Å². The van der Waals surface area contributed by atoms with Gasteiger partial charge in [0.15, 0.2) is 10.1 Å². The average Bonchev–Trinajstić information content (AvgIpc) is 2.74. The van der Waals surface area contributed by atoms with Gasteiger partial charge in [0, 0.05) is 30.4 Å². The Labute approximate surface area is 100 Å². The molecule has 0 amide bonds. The van der Waals surface area contributed by atoms with Crippen molar-refractivity contribution in [2.45, 2.75) is 5.75 Å². The van der Waals surface area contributed by atoms with Crippen LogP contribution >= 0.6 is 23.1 Å². The monoisotopic (exact) mass is 254 g/mol. The van der Waals surface area contributed by atoms with Crippen molar-refractivity contribution < 1.29 is 0 Å². The number of thiazole rings is 1. The van der Waals surface area contributed by atoms with E-state index in [0.29, 0.717) is 15.9 Å². The largest absolute Gasteiger partial charge is 0.379 e. The highest BCUT2D eigenvalue weighted by Gasteiger charge is 2.04. The average molecular weight is 254 g/mol. The van der Waals surface area contributed by atoms with Gasteiger partial charge in [0.05, 0.1) is 5.69 Å². The van der Waals surface area contributed by atoms with Gasteiger partial charge in [-0.05, 0) is 0 Å². The molecule has 0 fully saturated rings. The van der Waals surface area contributed by atoms with E-state index in [9.17, 15) is 4.79 Å². The van der Waals surface area contributed by atoms with E-state index in [1.54, 1.807) is 13.2 Å². The highest BCUT2D eigenvalue weighted by atomic mass is 32.2. The first-order valence-corrected chi connectivity index (χ1v) is 6.38. The molecule has 0 atom stereocenters. The summed E-state index contributed by atoms with van der Waals surface area (Å²) in [5.74, 6) is 0.562.